The lowest BCUT2D eigenvalue weighted by Gasteiger charge is -2.14. The van der Waals surface area contributed by atoms with Crippen LogP contribution < -0.4 is 10.6 Å². The summed E-state index contributed by atoms with van der Waals surface area (Å²) in [6, 6.07) is 20.2. The zero-order chi connectivity index (χ0) is 20.1. The molecule has 0 saturated carbocycles. The smallest absolute Gasteiger partial charge is 0.274 e. The van der Waals surface area contributed by atoms with Crippen molar-refractivity contribution in [1.29, 1.82) is 0 Å². The van der Waals surface area contributed by atoms with E-state index in [0.29, 0.717) is 0 Å². The average molecular weight is 373 g/mol. The van der Waals surface area contributed by atoms with Crippen molar-refractivity contribution in [3.8, 4) is 0 Å². The Labute approximate surface area is 164 Å². The number of aromatic nitrogens is 1. The number of amides is 2. The van der Waals surface area contributed by atoms with Crippen molar-refractivity contribution in [2.75, 3.05) is 5.32 Å². The zero-order valence-electron chi connectivity index (χ0n) is 16.2. The van der Waals surface area contributed by atoms with Gasteiger partial charge in [0.25, 0.3) is 11.8 Å². The van der Waals surface area contributed by atoms with Gasteiger partial charge >= 0.3 is 0 Å². The number of anilines is 1. The van der Waals surface area contributed by atoms with E-state index in [1.165, 1.54) is 0 Å². The highest BCUT2D eigenvalue weighted by Crippen LogP contribution is 2.20. The highest BCUT2D eigenvalue weighted by Gasteiger charge is 2.16. The molecular formula is C23H23N3O2. The van der Waals surface area contributed by atoms with Gasteiger partial charge in [0, 0.05) is 5.69 Å². The van der Waals surface area contributed by atoms with Gasteiger partial charge in [0.15, 0.2) is 0 Å². The lowest BCUT2D eigenvalue weighted by atomic mass is 10.1. The number of benzene rings is 2. The molecule has 1 heterocycles. The van der Waals surface area contributed by atoms with Crippen LogP contribution >= 0.6 is 0 Å². The molecule has 0 aliphatic heterocycles. The second-order valence-electron chi connectivity index (χ2n) is 6.73. The van der Waals surface area contributed by atoms with Crippen LogP contribution in [0.25, 0.3) is 0 Å². The number of carbonyl (C=O) groups excluding carboxylic acids is 2. The lowest BCUT2D eigenvalue weighted by Crippen LogP contribution is -2.28. The molecule has 3 aromatic rings. The van der Waals surface area contributed by atoms with Crippen molar-refractivity contribution in [2.45, 2.75) is 26.8 Å². The molecule has 0 radical (unpaired) electrons. The molecule has 2 aromatic carbocycles. The zero-order valence-corrected chi connectivity index (χ0v) is 16.2. The normalized spacial score (nSPS) is 11.5. The molecule has 1 aromatic heterocycles. The highest BCUT2D eigenvalue weighted by atomic mass is 16.2. The minimum Gasteiger partial charge on any atom is -0.344 e. The van der Waals surface area contributed by atoms with Crippen LogP contribution in [0.5, 0.6) is 0 Å². The number of rotatable bonds is 5. The summed E-state index contributed by atoms with van der Waals surface area (Å²) in [4.78, 5) is 29.4. The van der Waals surface area contributed by atoms with Gasteiger partial charge in [0.2, 0.25) is 0 Å². The first-order valence-corrected chi connectivity index (χ1v) is 9.16. The summed E-state index contributed by atoms with van der Waals surface area (Å²) >= 11 is 0. The van der Waals surface area contributed by atoms with Crippen molar-refractivity contribution in [3.63, 3.8) is 0 Å². The predicted molar refractivity (Wildman–Crippen MR) is 110 cm³/mol. The molecule has 142 valence electrons. The fourth-order valence-corrected chi connectivity index (χ4v) is 2.97. The molecule has 0 bridgehead atoms. The summed E-state index contributed by atoms with van der Waals surface area (Å²) in [5, 5.41) is 5.81. The van der Waals surface area contributed by atoms with Crippen LogP contribution in [-0.4, -0.2) is 16.8 Å². The molecule has 0 fully saturated rings. The molecule has 0 aliphatic rings. The Morgan fingerprint density at radius 1 is 0.786 bits per heavy atom. The van der Waals surface area contributed by atoms with E-state index in [1.54, 1.807) is 18.2 Å². The predicted octanol–water partition coefficient (Wildman–Crippen LogP) is 4.44. The topological polar surface area (TPSA) is 71.1 Å². The second-order valence-corrected chi connectivity index (χ2v) is 6.73. The van der Waals surface area contributed by atoms with E-state index in [4.69, 9.17) is 0 Å². The van der Waals surface area contributed by atoms with Gasteiger partial charge < -0.3 is 10.6 Å². The van der Waals surface area contributed by atoms with Gasteiger partial charge in [-0.1, -0.05) is 54.6 Å². The fourth-order valence-electron chi connectivity index (χ4n) is 2.97. The van der Waals surface area contributed by atoms with Crippen LogP contribution in [0.1, 0.15) is 50.6 Å². The molecule has 2 amide bonds. The van der Waals surface area contributed by atoms with Crippen molar-refractivity contribution >= 4 is 17.5 Å². The molecule has 2 N–H and O–H groups in total. The Hall–Kier alpha value is -3.47. The van der Waals surface area contributed by atoms with Crippen LogP contribution in [0.15, 0.2) is 66.7 Å². The first-order valence-electron chi connectivity index (χ1n) is 9.16. The lowest BCUT2D eigenvalue weighted by molar-refractivity contribution is 0.0934. The average Bonchev–Trinajstić information content (AvgIpc) is 2.71. The molecule has 0 spiro atoms. The third-order valence-corrected chi connectivity index (χ3v) is 4.58. The summed E-state index contributed by atoms with van der Waals surface area (Å²) in [6.45, 7) is 5.78. The number of aryl methyl sites for hydroxylation is 2. The van der Waals surface area contributed by atoms with Gasteiger partial charge in [-0.25, -0.2) is 4.98 Å². The summed E-state index contributed by atoms with van der Waals surface area (Å²) in [7, 11) is 0. The number of para-hydroxylation sites is 1. The van der Waals surface area contributed by atoms with Gasteiger partial charge in [-0.05, 0) is 49.6 Å². The SMILES string of the molecule is Cc1cccc(C)c1NC(=O)c1cccc(C(=O)NC(C)c2ccccc2)n1. The number of hydrogen-bond donors (Lipinski definition) is 2. The van der Waals surface area contributed by atoms with Crippen molar-refractivity contribution < 1.29 is 9.59 Å². The van der Waals surface area contributed by atoms with Gasteiger partial charge in [-0.2, -0.15) is 0 Å². The van der Waals surface area contributed by atoms with E-state index in [9.17, 15) is 9.59 Å². The van der Waals surface area contributed by atoms with Crippen LogP contribution in [0, 0.1) is 13.8 Å². The van der Waals surface area contributed by atoms with E-state index in [1.807, 2.05) is 69.3 Å². The molecular weight excluding hydrogens is 350 g/mol. The second kappa shape index (κ2) is 8.48. The summed E-state index contributed by atoms with van der Waals surface area (Å²) < 4.78 is 0. The van der Waals surface area contributed by atoms with E-state index < -0.39 is 0 Å². The Morgan fingerprint density at radius 2 is 1.36 bits per heavy atom. The maximum absolute atomic E-state index is 12.6. The Kier molecular flexibility index (Phi) is 5.84. The molecule has 0 aliphatic carbocycles. The molecule has 1 atom stereocenters. The molecule has 0 saturated heterocycles. The Balaban J connectivity index is 1.74. The molecule has 28 heavy (non-hydrogen) atoms. The third kappa shape index (κ3) is 4.43. The van der Waals surface area contributed by atoms with Crippen molar-refractivity contribution in [3.05, 3.63) is 94.8 Å². The monoisotopic (exact) mass is 373 g/mol. The number of carbonyl (C=O) groups is 2. The Bertz CT molecular complexity index is 979. The standard InChI is InChI=1S/C23H23N3O2/c1-15-9-7-10-16(2)21(15)26-23(28)20-14-8-13-19(25-20)22(27)24-17(3)18-11-5-4-6-12-18/h4-14,17H,1-3H3,(H,24,27)(H,26,28). The summed E-state index contributed by atoms with van der Waals surface area (Å²) in [5.41, 5.74) is 4.11. The van der Waals surface area contributed by atoms with Crippen molar-refractivity contribution in [1.82, 2.24) is 10.3 Å². The van der Waals surface area contributed by atoms with E-state index in [-0.39, 0.29) is 29.2 Å². The maximum atomic E-state index is 12.6. The van der Waals surface area contributed by atoms with E-state index in [0.717, 1.165) is 22.4 Å². The van der Waals surface area contributed by atoms with Gasteiger partial charge in [-0.3, -0.25) is 9.59 Å². The summed E-state index contributed by atoms with van der Waals surface area (Å²) in [5.74, 6) is -0.666. The fraction of sp³-hybridized carbons (Fsp3) is 0.174. The number of nitrogens with zero attached hydrogens (tertiary/aromatic N) is 1. The van der Waals surface area contributed by atoms with Gasteiger partial charge in [-0.15, -0.1) is 0 Å². The minimum atomic E-state index is -0.344. The highest BCUT2D eigenvalue weighted by molar-refractivity contribution is 6.04. The molecule has 3 rings (SSSR count). The molecule has 5 nitrogen and oxygen atoms in total. The van der Waals surface area contributed by atoms with Gasteiger partial charge in [0.1, 0.15) is 11.4 Å². The van der Waals surface area contributed by atoms with E-state index in [2.05, 4.69) is 15.6 Å². The third-order valence-electron chi connectivity index (χ3n) is 4.58. The number of nitrogens with one attached hydrogen (secondary N) is 2. The quantitative estimate of drug-likeness (QED) is 0.694. The maximum Gasteiger partial charge on any atom is 0.274 e. The molecule has 5 heteroatoms. The first kappa shape index (κ1) is 19.3. The number of pyridine rings is 1. The van der Waals surface area contributed by atoms with Crippen molar-refractivity contribution in [2.24, 2.45) is 0 Å². The number of hydrogen-bond acceptors (Lipinski definition) is 3. The summed E-state index contributed by atoms with van der Waals surface area (Å²) in [6.07, 6.45) is 0. The largest absolute Gasteiger partial charge is 0.344 e. The van der Waals surface area contributed by atoms with E-state index >= 15 is 0 Å². The van der Waals surface area contributed by atoms with Crippen LogP contribution in [-0.2, 0) is 0 Å². The van der Waals surface area contributed by atoms with Gasteiger partial charge in [0.05, 0.1) is 6.04 Å². The van der Waals surface area contributed by atoms with Crippen LogP contribution in [0.2, 0.25) is 0 Å². The Morgan fingerprint density at radius 3 is 2.00 bits per heavy atom. The van der Waals surface area contributed by atoms with Crippen LogP contribution in [0.4, 0.5) is 5.69 Å². The first-order chi connectivity index (χ1) is 13.5. The minimum absolute atomic E-state index is 0.164. The molecule has 1 unspecified atom stereocenters. The van der Waals surface area contributed by atoms with Crippen LogP contribution in [0.3, 0.4) is 0 Å².